The highest BCUT2D eigenvalue weighted by Gasteiger charge is 2.37. The molecule has 1 fully saturated rings. The van der Waals surface area contributed by atoms with Gasteiger partial charge in [-0.25, -0.2) is 13.6 Å². The molecule has 1 saturated carbocycles. The van der Waals surface area contributed by atoms with Crippen molar-refractivity contribution in [2.75, 3.05) is 0 Å². The van der Waals surface area contributed by atoms with Gasteiger partial charge in [-0.1, -0.05) is 6.92 Å². The molecule has 1 aliphatic heterocycles. The van der Waals surface area contributed by atoms with E-state index in [1.165, 1.54) is 18.9 Å². The van der Waals surface area contributed by atoms with Crippen LogP contribution in [0.25, 0.3) is 0 Å². The minimum atomic E-state index is -3.63. The molecule has 1 aromatic carbocycles. The maximum atomic E-state index is 11.3. The van der Waals surface area contributed by atoms with Crippen molar-refractivity contribution in [2.45, 2.75) is 43.1 Å². The number of hydrogen-bond acceptors (Lipinski definition) is 3. The van der Waals surface area contributed by atoms with Crippen LogP contribution in [-0.4, -0.2) is 14.5 Å². The molecule has 4 nitrogen and oxygen atoms in total. The van der Waals surface area contributed by atoms with Crippen LogP contribution in [0.3, 0.4) is 0 Å². The molecule has 98 valence electrons. The quantitative estimate of drug-likeness (QED) is 0.891. The number of ether oxygens (including phenoxy) is 1. The molecule has 3 rings (SSSR count). The average molecular weight is 267 g/mol. The molecular weight excluding hydrogens is 250 g/mol. The molecule has 2 N–H and O–H groups in total. The van der Waals surface area contributed by atoms with E-state index in [0.717, 1.165) is 17.7 Å². The molecule has 0 saturated heterocycles. The van der Waals surface area contributed by atoms with Gasteiger partial charge in [-0.05, 0) is 54.9 Å². The van der Waals surface area contributed by atoms with Gasteiger partial charge in [0.05, 0.1) is 4.90 Å². The first-order chi connectivity index (χ1) is 8.45. The first kappa shape index (κ1) is 12.0. The molecule has 0 aromatic heterocycles. The lowest BCUT2D eigenvalue weighted by Gasteiger charge is -2.30. The van der Waals surface area contributed by atoms with Gasteiger partial charge in [0.2, 0.25) is 10.0 Å². The molecule has 0 bridgehead atoms. The molecule has 1 aliphatic carbocycles. The Morgan fingerprint density at radius 2 is 2.06 bits per heavy atom. The van der Waals surface area contributed by atoms with E-state index >= 15 is 0 Å². The van der Waals surface area contributed by atoms with E-state index in [9.17, 15) is 8.42 Å². The molecule has 1 aromatic rings. The van der Waals surface area contributed by atoms with Crippen LogP contribution in [0.2, 0.25) is 0 Å². The van der Waals surface area contributed by atoms with Crippen molar-refractivity contribution in [1.82, 2.24) is 0 Å². The van der Waals surface area contributed by atoms with Crippen LogP contribution in [-0.2, 0) is 10.0 Å². The van der Waals surface area contributed by atoms with Gasteiger partial charge in [-0.2, -0.15) is 0 Å². The van der Waals surface area contributed by atoms with E-state index in [1.807, 2.05) is 0 Å². The molecule has 0 amide bonds. The Hall–Kier alpha value is -1.07. The maximum Gasteiger partial charge on any atom is 0.238 e. The fourth-order valence-corrected chi connectivity index (χ4v) is 3.19. The van der Waals surface area contributed by atoms with Crippen LogP contribution in [0, 0.1) is 5.92 Å². The summed E-state index contributed by atoms with van der Waals surface area (Å²) in [7, 11) is -3.63. The Labute approximate surface area is 107 Å². The van der Waals surface area contributed by atoms with Gasteiger partial charge in [0.15, 0.2) is 0 Å². The summed E-state index contributed by atoms with van der Waals surface area (Å²) in [5.74, 6) is 1.83. The highest BCUT2D eigenvalue weighted by molar-refractivity contribution is 7.89. The molecule has 1 heterocycles. The summed E-state index contributed by atoms with van der Waals surface area (Å²) in [6.07, 6.45) is 3.77. The zero-order chi connectivity index (χ0) is 12.9. The Balaban J connectivity index is 1.97. The summed E-state index contributed by atoms with van der Waals surface area (Å²) in [5.41, 5.74) is 0.957. The fourth-order valence-electron chi connectivity index (χ4n) is 2.64. The predicted octanol–water partition coefficient (Wildman–Crippen LogP) is 2.00. The minimum absolute atomic E-state index is 0.168. The zero-order valence-corrected chi connectivity index (χ0v) is 11.1. The standard InChI is InChI=1S/C13H17NO3S/c1-8-6-13(9-2-3-9)17-12-5-4-10(7-11(8)12)18(14,15)16/h4-5,7-9,13H,2-3,6H2,1H3,(H2,14,15,16). The molecule has 0 radical (unpaired) electrons. The number of benzene rings is 1. The highest BCUT2D eigenvalue weighted by atomic mass is 32.2. The van der Waals surface area contributed by atoms with Crippen LogP contribution in [0.5, 0.6) is 5.75 Å². The number of hydrogen-bond donors (Lipinski definition) is 1. The number of fused-ring (bicyclic) bond motifs is 1. The Bertz CT molecular complexity index is 578. The van der Waals surface area contributed by atoms with E-state index in [2.05, 4.69) is 6.92 Å². The second-order valence-corrected chi connectivity index (χ2v) is 6.94. The molecule has 2 unspecified atom stereocenters. The van der Waals surface area contributed by atoms with Crippen molar-refractivity contribution in [2.24, 2.45) is 11.1 Å². The third-order valence-corrected chi connectivity index (χ3v) is 4.76. The van der Waals surface area contributed by atoms with Gasteiger partial charge < -0.3 is 4.74 Å². The molecule has 18 heavy (non-hydrogen) atoms. The van der Waals surface area contributed by atoms with E-state index < -0.39 is 10.0 Å². The van der Waals surface area contributed by atoms with Gasteiger partial charge >= 0.3 is 0 Å². The highest BCUT2D eigenvalue weighted by Crippen LogP contribution is 2.44. The minimum Gasteiger partial charge on any atom is -0.490 e. The fraction of sp³-hybridized carbons (Fsp3) is 0.538. The third-order valence-electron chi connectivity index (χ3n) is 3.85. The summed E-state index contributed by atoms with van der Waals surface area (Å²) >= 11 is 0. The van der Waals surface area contributed by atoms with Crippen molar-refractivity contribution >= 4 is 10.0 Å². The third kappa shape index (κ3) is 2.12. The Kier molecular flexibility index (Phi) is 2.64. The lowest BCUT2D eigenvalue weighted by Crippen LogP contribution is -2.27. The van der Waals surface area contributed by atoms with Crippen molar-refractivity contribution in [1.29, 1.82) is 0 Å². The average Bonchev–Trinajstić information content (AvgIpc) is 3.11. The molecule has 5 heteroatoms. The molecular formula is C13H17NO3S. The van der Waals surface area contributed by atoms with Crippen LogP contribution >= 0.6 is 0 Å². The van der Waals surface area contributed by atoms with E-state index in [4.69, 9.17) is 9.88 Å². The second kappa shape index (κ2) is 3.96. The lowest BCUT2D eigenvalue weighted by molar-refractivity contribution is 0.140. The monoisotopic (exact) mass is 267 g/mol. The topological polar surface area (TPSA) is 69.4 Å². The van der Waals surface area contributed by atoms with Crippen molar-refractivity contribution in [3.63, 3.8) is 0 Å². The summed E-state index contributed by atoms with van der Waals surface area (Å²) in [4.78, 5) is 0.168. The Morgan fingerprint density at radius 1 is 1.33 bits per heavy atom. The van der Waals surface area contributed by atoms with Crippen molar-refractivity contribution in [3.8, 4) is 5.75 Å². The summed E-state index contributed by atoms with van der Waals surface area (Å²) in [5, 5.41) is 5.15. The van der Waals surface area contributed by atoms with Gasteiger partial charge in [0.25, 0.3) is 0 Å². The van der Waals surface area contributed by atoms with E-state index in [-0.39, 0.29) is 4.90 Å². The molecule has 2 aliphatic rings. The van der Waals surface area contributed by atoms with Crippen molar-refractivity contribution in [3.05, 3.63) is 23.8 Å². The number of rotatable bonds is 2. The molecule has 2 atom stereocenters. The SMILES string of the molecule is CC1CC(C2CC2)Oc2ccc(S(N)(=O)=O)cc21. The van der Waals surface area contributed by atoms with Gasteiger partial charge in [0.1, 0.15) is 11.9 Å². The van der Waals surface area contributed by atoms with E-state index in [1.54, 1.807) is 12.1 Å². The van der Waals surface area contributed by atoms with Crippen LogP contribution < -0.4 is 9.88 Å². The van der Waals surface area contributed by atoms with Crippen LogP contribution in [0.1, 0.15) is 37.7 Å². The van der Waals surface area contributed by atoms with E-state index in [0.29, 0.717) is 17.9 Å². The number of sulfonamides is 1. The van der Waals surface area contributed by atoms with Crippen LogP contribution in [0.4, 0.5) is 0 Å². The maximum absolute atomic E-state index is 11.3. The molecule has 0 spiro atoms. The first-order valence-corrected chi connectivity index (χ1v) is 7.83. The van der Waals surface area contributed by atoms with Crippen LogP contribution in [0.15, 0.2) is 23.1 Å². The summed E-state index contributed by atoms with van der Waals surface area (Å²) < 4.78 is 28.6. The Morgan fingerprint density at radius 3 is 2.67 bits per heavy atom. The largest absolute Gasteiger partial charge is 0.490 e. The number of primary sulfonamides is 1. The lowest BCUT2D eigenvalue weighted by atomic mass is 9.90. The predicted molar refractivity (Wildman–Crippen MR) is 68.0 cm³/mol. The van der Waals surface area contributed by atoms with Gasteiger partial charge in [-0.3, -0.25) is 0 Å². The normalized spacial score (nSPS) is 27.4. The zero-order valence-electron chi connectivity index (χ0n) is 10.3. The smallest absolute Gasteiger partial charge is 0.238 e. The second-order valence-electron chi connectivity index (χ2n) is 5.38. The van der Waals surface area contributed by atoms with Crippen molar-refractivity contribution < 1.29 is 13.2 Å². The van der Waals surface area contributed by atoms with Gasteiger partial charge in [-0.15, -0.1) is 0 Å². The number of nitrogens with two attached hydrogens (primary N) is 1. The summed E-state index contributed by atoms with van der Waals surface area (Å²) in [6.45, 7) is 2.11. The first-order valence-electron chi connectivity index (χ1n) is 6.28. The summed E-state index contributed by atoms with van der Waals surface area (Å²) in [6, 6.07) is 4.91. The van der Waals surface area contributed by atoms with Gasteiger partial charge in [0, 0.05) is 0 Å².